The maximum atomic E-state index is 12.9. The van der Waals surface area contributed by atoms with Crippen molar-refractivity contribution in [3.05, 3.63) is 53.8 Å². The molecule has 1 heterocycles. The molecule has 0 atom stereocenters. The molecule has 0 aliphatic rings. The molecular formula is C17H14FN3O4. The number of methoxy groups -OCH3 is 2. The van der Waals surface area contributed by atoms with Crippen LogP contribution in [0.1, 0.15) is 10.4 Å². The van der Waals surface area contributed by atoms with Gasteiger partial charge in [-0.05, 0) is 42.5 Å². The molecule has 0 unspecified atom stereocenters. The molecule has 25 heavy (non-hydrogen) atoms. The van der Waals surface area contributed by atoms with Crippen LogP contribution in [0.2, 0.25) is 0 Å². The Balaban J connectivity index is 1.78. The molecule has 0 saturated heterocycles. The van der Waals surface area contributed by atoms with Gasteiger partial charge in [0.25, 0.3) is 5.91 Å². The number of carbonyl (C=O) groups excluding carboxylic acids is 1. The van der Waals surface area contributed by atoms with Crippen LogP contribution < -0.4 is 14.8 Å². The fourth-order valence-electron chi connectivity index (χ4n) is 2.13. The van der Waals surface area contributed by atoms with Crippen molar-refractivity contribution in [2.45, 2.75) is 0 Å². The normalized spacial score (nSPS) is 10.4. The zero-order valence-corrected chi connectivity index (χ0v) is 13.4. The largest absolute Gasteiger partial charge is 0.493 e. The van der Waals surface area contributed by atoms with Crippen molar-refractivity contribution in [1.82, 2.24) is 10.2 Å². The first-order chi connectivity index (χ1) is 12.1. The van der Waals surface area contributed by atoms with Crippen molar-refractivity contribution in [2.24, 2.45) is 0 Å². The van der Waals surface area contributed by atoms with Crippen LogP contribution in [0.4, 0.5) is 10.4 Å². The lowest BCUT2D eigenvalue weighted by atomic mass is 10.2. The van der Waals surface area contributed by atoms with E-state index in [0.717, 1.165) is 0 Å². The molecule has 0 aliphatic carbocycles. The number of aromatic nitrogens is 2. The number of anilines is 1. The van der Waals surface area contributed by atoms with E-state index in [2.05, 4.69) is 15.5 Å². The molecule has 1 aromatic heterocycles. The summed E-state index contributed by atoms with van der Waals surface area (Å²) in [5, 5.41) is 10.1. The number of amides is 1. The number of nitrogens with one attached hydrogen (secondary N) is 1. The molecule has 0 fully saturated rings. The maximum absolute atomic E-state index is 12.9. The summed E-state index contributed by atoms with van der Waals surface area (Å²) >= 11 is 0. The zero-order chi connectivity index (χ0) is 17.8. The molecule has 2 aromatic carbocycles. The second-order valence-corrected chi connectivity index (χ2v) is 4.94. The van der Waals surface area contributed by atoms with E-state index in [-0.39, 0.29) is 17.5 Å². The fraction of sp³-hybridized carbons (Fsp3) is 0.118. The number of halogens is 1. The Kier molecular flexibility index (Phi) is 4.60. The molecule has 7 nitrogen and oxygen atoms in total. The average Bonchev–Trinajstić information content (AvgIpc) is 3.10. The molecule has 0 saturated carbocycles. The Labute approximate surface area is 142 Å². The summed E-state index contributed by atoms with van der Waals surface area (Å²) in [7, 11) is 3.05. The van der Waals surface area contributed by atoms with Crippen LogP contribution in [0.15, 0.2) is 46.9 Å². The van der Waals surface area contributed by atoms with E-state index in [1.807, 2.05) is 0 Å². The summed E-state index contributed by atoms with van der Waals surface area (Å²) in [6, 6.07) is 10.1. The predicted octanol–water partition coefficient (Wildman–Crippen LogP) is 3.15. The number of nitrogens with zero attached hydrogens (tertiary/aromatic N) is 2. The summed E-state index contributed by atoms with van der Waals surface area (Å²) in [5.74, 6) is 0.369. The minimum absolute atomic E-state index is 0.0703. The summed E-state index contributed by atoms with van der Waals surface area (Å²) in [5.41, 5.74) is 0.875. The van der Waals surface area contributed by atoms with Gasteiger partial charge in [0.05, 0.1) is 14.2 Å². The van der Waals surface area contributed by atoms with Gasteiger partial charge < -0.3 is 13.9 Å². The molecular weight excluding hydrogens is 329 g/mol. The highest BCUT2D eigenvalue weighted by Gasteiger charge is 2.14. The lowest BCUT2D eigenvalue weighted by molar-refractivity contribution is 0.102. The number of ether oxygens (including phenoxy) is 2. The van der Waals surface area contributed by atoms with Crippen LogP contribution in [0, 0.1) is 5.82 Å². The van der Waals surface area contributed by atoms with Gasteiger partial charge in [-0.2, -0.15) is 0 Å². The van der Waals surface area contributed by atoms with Gasteiger partial charge in [-0.3, -0.25) is 10.1 Å². The smallest absolute Gasteiger partial charge is 0.322 e. The van der Waals surface area contributed by atoms with Gasteiger partial charge in [-0.1, -0.05) is 5.10 Å². The van der Waals surface area contributed by atoms with E-state index >= 15 is 0 Å². The van der Waals surface area contributed by atoms with E-state index in [1.54, 1.807) is 18.2 Å². The molecule has 128 valence electrons. The number of hydrogen-bond donors (Lipinski definition) is 1. The van der Waals surface area contributed by atoms with Gasteiger partial charge in [-0.15, -0.1) is 5.10 Å². The molecule has 0 aliphatic heterocycles. The van der Waals surface area contributed by atoms with Crippen LogP contribution in [0.5, 0.6) is 11.5 Å². The van der Waals surface area contributed by atoms with Gasteiger partial charge in [0.15, 0.2) is 11.5 Å². The summed E-state index contributed by atoms with van der Waals surface area (Å²) in [6.07, 6.45) is 0. The third-order valence-electron chi connectivity index (χ3n) is 3.38. The lowest BCUT2D eigenvalue weighted by Gasteiger charge is -2.07. The number of carbonyl (C=O) groups is 1. The van der Waals surface area contributed by atoms with Crippen LogP contribution in [-0.2, 0) is 0 Å². The minimum Gasteiger partial charge on any atom is -0.493 e. The monoisotopic (exact) mass is 343 g/mol. The van der Waals surface area contributed by atoms with Crippen molar-refractivity contribution >= 4 is 11.9 Å². The SMILES string of the molecule is COc1ccc(-c2nnc(NC(=O)c3ccc(F)cc3)o2)cc1OC. The van der Waals surface area contributed by atoms with Crippen LogP contribution in [-0.4, -0.2) is 30.3 Å². The maximum Gasteiger partial charge on any atom is 0.322 e. The predicted molar refractivity (Wildman–Crippen MR) is 87.2 cm³/mol. The number of benzene rings is 2. The standard InChI is InChI=1S/C17H14FN3O4/c1-23-13-8-5-11(9-14(13)24-2)16-20-21-17(25-16)19-15(22)10-3-6-12(18)7-4-10/h3-9H,1-2H3,(H,19,21,22). The summed E-state index contributed by atoms with van der Waals surface area (Å²) in [6.45, 7) is 0. The average molecular weight is 343 g/mol. The molecule has 0 bridgehead atoms. The molecule has 0 radical (unpaired) electrons. The number of hydrogen-bond acceptors (Lipinski definition) is 6. The molecule has 1 N–H and O–H groups in total. The third-order valence-corrected chi connectivity index (χ3v) is 3.38. The Bertz CT molecular complexity index is 893. The van der Waals surface area contributed by atoms with Crippen molar-refractivity contribution in [2.75, 3.05) is 19.5 Å². The molecule has 3 rings (SSSR count). The van der Waals surface area contributed by atoms with Crippen LogP contribution in [0.25, 0.3) is 11.5 Å². The highest BCUT2D eigenvalue weighted by molar-refractivity contribution is 6.03. The Morgan fingerprint density at radius 3 is 2.44 bits per heavy atom. The molecule has 1 amide bonds. The Morgan fingerprint density at radius 1 is 1.04 bits per heavy atom. The highest BCUT2D eigenvalue weighted by atomic mass is 19.1. The quantitative estimate of drug-likeness (QED) is 0.766. The highest BCUT2D eigenvalue weighted by Crippen LogP contribution is 2.32. The van der Waals surface area contributed by atoms with E-state index in [4.69, 9.17) is 13.9 Å². The van der Waals surface area contributed by atoms with Gasteiger partial charge in [0.2, 0.25) is 5.89 Å². The van der Waals surface area contributed by atoms with Crippen LogP contribution in [0.3, 0.4) is 0 Å². The van der Waals surface area contributed by atoms with Crippen molar-refractivity contribution < 1.29 is 23.1 Å². The van der Waals surface area contributed by atoms with Gasteiger partial charge >= 0.3 is 6.01 Å². The van der Waals surface area contributed by atoms with E-state index in [1.165, 1.54) is 38.5 Å². The first-order valence-electron chi connectivity index (χ1n) is 7.23. The third kappa shape index (κ3) is 3.57. The summed E-state index contributed by atoms with van der Waals surface area (Å²) < 4.78 is 28.7. The first-order valence-corrected chi connectivity index (χ1v) is 7.23. The van der Waals surface area contributed by atoms with E-state index in [0.29, 0.717) is 17.1 Å². The number of rotatable bonds is 5. The van der Waals surface area contributed by atoms with E-state index < -0.39 is 11.7 Å². The van der Waals surface area contributed by atoms with Crippen molar-refractivity contribution in [3.8, 4) is 23.0 Å². The molecule has 8 heteroatoms. The van der Waals surface area contributed by atoms with Crippen molar-refractivity contribution in [3.63, 3.8) is 0 Å². The van der Waals surface area contributed by atoms with Gasteiger partial charge in [0.1, 0.15) is 5.82 Å². The Hall–Kier alpha value is -3.42. The topological polar surface area (TPSA) is 86.5 Å². The molecule has 3 aromatic rings. The van der Waals surface area contributed by atoms with Gasteiger partial charge in [-0.25, -0.2) is 4.39 Å². The minimum atomic E-state index is -0.484. The first kappa shape index (κ1) is 16.4. The zero-order valence-electron chi connectivity index (χ0n) is 13.4. The molecule has 0 spiro atoms. The fourth-order valence-corrected chi connectivity index (χ4v) is 2.13. The Morgan fingerprint density at radius 2 is 1.76 bits per heavy atom. The summed E-state index contributed by atoms with van der Waals surface area (Å²) in [4.78, 5) is 12.1. The van der Waals surface area contributed by atoms with Crippen LogP contribution >= 0.6 is 0 Å². The second-order valence-electron chi connectivity index (χ2n) is 4.94. The van der Waals surface area contributed by atoms with Gasteiger partial charge in [0, 0.05) is 11.1 Å². The van der Waals surface area contributed by atoms with Crippen molar-refractivity contribution in [1.29, 1.82) is 0 Å². The second kappa shape index (κ2) is 7.00. The lowest BCUT2D eigenvalue weighted by Crippen LogP contribution is -2.12. The van der Waals surface area contributed by atoms with E-state index in [9.17, 15) is 9.18 Å².